The number of hydrogen-bond acceptors (Lipinski definition) is 4. The van der Waals surface area contributed by atoms with Crippen LogP contribution in [0.4, 0.5) is 5.69 Å². The molecule has 2 N–H and O–H groups in total. The van der Waals surface area contributed by atoms with E-state index in [1.807, 2.05) is 0 Å². The highest BCUT2D eigenvalue weighted by Crippen LogP contribution is 2.34. The van der Waals surface area contributed by atoms with Crippen molar-refractivity contribution in [2.45, 2.75) is 12.8 Å². The van der Waals surface area contributed by atoms with E-state index in [1.54, 1.807) is 36.5 Å². The Bertz CT molecular complexity index is 472. The highest BCUT2D eigenvalue weighted by Gasteiger charge is 2.44. The average Bonchev–Trinajstić information content (AvgIpc) is 2.47. The van der Waals surface area contributed by atoms with E-state index in [4.69, 9.17) is 22.7 Å². The molecule has 0 saturated carbocycles. The lowest BCUT2D eigenvalue weighted by Gasteiger charge is -2.37. The average molecular weight is 279 g/mol. The predicted molar refractivity (Wildman–Crippen MR) is 76.9 cm³/mol. The van der Waals surface area contributed by atoms with Crippen LogP contribution in [0.25, 0.3) is 0 Å². The first kappa shape index (κ1) is 13.9. The number of ether oxygens (including phenoxy) is 1. The number of carbonyl (C=O) groups is 1. The minimum Gasteiger partial charge on any atom is -0.392 e. The molecule has 1 aromatic heterocycles. The second-order valence-corrected chi connectivity index (χ2v) is 5.07. The Morgan fingerprint density at radius 1 is 1.42 bits per heavy atom. The predicted octanol–water partition coefficient (Wildman–Crippen LogP) is 1.13. The van der Waals surface area contributed by atoms with Crippen LogP contribution in [0.3, 0.4) is 0 Å². The highest BCUT2D eigenvalue weighted by atomic mass is 32.1. The van der Waals surface area contributed by atoms with Crippen molar-refractivity contribution in [3.05, 3.63) is 24.5 Å². The van der Waals surface area contributed by atoms with E-state index < -0.39 is 5.41 Å². The van der Waals surface area contributed by atoms with Gasteiger partial charge >= 0.3 is 0 Å². The third-order valence-corrected chi connectivity index (χ3v) is 3.97. The summed E-state index contributed by atoms with van der Waals surface area (Å²) < 4.78 is 5.31. The van der Waals surface area contributed by atoms with Crippen LogP contribution in [0, 0.1) is 5.41 Å². The van der Waals surface area contributed by atoms with Gasteiger partial charge in [0.15, 0.2) is 0 Å². The lowest BCUT2D eigenvalue weighted by atomic mass is 9.78. The Kier molecular flexibility index (Phi) is 4.11. The van der Waals surface area contributed by atoms with E-state index >= 15 is 0 Å². The summed E-state index contributed by atoms with van der Waals surface area (Å²) in [6.07, 6.45) is 4.38. The van der Waals surface area contributed by atoms with Crippen LogP contribution in [0.5, 0.6) is 0 Å². The Balaban J connectivity index is 2.27. The Labute approximate surface area is 117 Å². The maximum atomic E-state index is 12.7. The van der Waals surface area contributed by atoms with Crippen molar-refractivity contribution in [3.63, 3.8) is 0 Å². The fourth-order valence-electron chi connectivity index (χ4n) is 2.29. The normalized spacial score (nSPS) is 17.7. The molecule has 102 valence electrons. The van der Waals surface area contributed by atoms with Crippen molar-refractivity contribution in [3.8, 4) is 0 Å². The summed E-state index contributed by atoms with van der Waals surface area (Å²) in [5.74, 6) is -0.0745. The van der Waals surface area contributed by atoms with Gasteiger partial charge in [-0.05, 0) is 25.0 Å². The van der Waals surface area contributed by atoms with E-state index in [-0.39, 0.29) is 10.9 Å². The van der Waals surface area contributed by atoms with Crippen molar-refractivity contribution in [2.24, 2.45) is 11.1 Å². The molecule has 1 aromatic rings. The number of pyridine rings is 1. The smallest absolute Gasteiger partial charge is 0.239 e. The zero-order valence-electron chi connectivity index (χ0n) is 10.8. The van der Waals surface area contributed by atoms with E-state index in [1.165, 1.54) is 0 Å². The van der Waals surface area contributed by atoms with Crippen molar-refractivity contribution >= 4 is 28.8 Å². The zero-order chi connectivity index (χ0) is 13.9. The van der Waals surface area contributed by atoms with Crippen LogP contribution < -0.4 is 10.6 Å². The van der Waals surface area contributed by atoms with Gasteiger partial charge in [-0.2, -0.15) is 0 Å². The lowest BCUT2D eigenvalue weighted by Crippen LogP contribution is -2.52. The molecule has 1 fully saturated rings. The van der Waals surface area contributed by atoms with Gasteiger partial charge in [0.1, 0.15) is 5.41 Å². The topological polar surface area (TPSA) is 68.5 Å². The standard InChI is InChI=1S/C13H17N3O2S/c1-16(10-2-6-15-7-3-10)12(17)13(11(14)19)4-8-18-9-5-13/h2-3,6-7H,4-5,8-9H2,1H3,(H2,14,19). The summed E-state index contributed by atoms with van der Waals surface area (Å²) in [5.41, 5.74) is 5.83. The van der Waals surface area contributed by atoms with Crippen LogP contribution >= 0.6 is 12.2 Å². The van der Waals surface area contributed by atoms with Gasteiger partial charge in [0, 0.05) is 38.3 Å². The largest absolute Gasteiger partial charge is 0.392 e. The molecule has 0 bridgehead atoms. The summed E-state index contributed by atoms with van der Waals surface area (Å²) in [5, 5.41) is 0. The van der Waals surface area contributed by atoms with Crippen molar-refractivity contribution in [1.29, 1.82) is 0 Å². The third-order valence-electron chi connectivity index (χ3n) is 3.58. The van der Waals surface area contributed by atoms with Gasteiger partial charge in [-0.3, -0.25) is 9.78 Å². The Hall–Kier alpha value is -1.53. The molecule has 6 heteroatoms. The van der Waals surface area contributed by atoms with E-state index in [9.17, 15) is 4.79 Å². The molecule has 1 saturated heterocycles. The number of anilines is 1. The monoisotopic (exact) mass is 279 g/mol. The van der Waals surface area contributed by atoms with Gasteiger partial charge in [0.25, 0.3) is 0 Å². The van der Waals surface area contributed by atoms with Crippen molar-refractivity contribution in [1.82, 2.24) is 4.98 Å². The molecule has 1 aliphatic rings. The summed E-state index contributed by atoms with van der Waals surface area (Å²) in [7, 11) is 1.73. The fraction of sp³-hybridized carbons (Fsp3) is 0.462. The minimum atomic E-state index is -0.786. The molecule has 0 unspecified atom stereocenters. The SMILES string of the molecule is CN(C(=O)C1(C(N)=S)CCOCC1)c1ccncc1. The number of amides is 1. The quantitative estimate of drug-likeness (QED) is 0.840. The molecule has 0 aromatic carbocycles. The summed E-state index contributed by atoms with van der Waals surface area (Å²) in [6.45, 7) is 1.01. The molecule has 0 aliphatic carbocycles. The van der Waals surface area contributed by atoms with Crippen LogP contribution in [0.1, 0.15) is 12.8 Å². The van der Waals surface area contributed by atoms with Crippen LogP contribution in [0.2, 0.25) is 0 Å². The lowest BCUT2D eigenvalue weighted by molar-refractivity contribution is -0.128. The number of thiocarbonyl (C=S) groups is 1. The first-order valence-electron chi connectivity index (χ1n) is 6.14. The molecular formula is C13H17N3O2S. The number of nitrogens with zero attached hydrogens (tertiary/aromatic N) is 2. The van der Waals surface area contributed by atoms with Gasteiger partial charge < -0.3 is 15.4 Å². The molecular weight excluding hydrogens is 262 g/mol. The minimum absolute atomic E-state index is 0.0745. The van der Waals surface area contributed by atoms with Gasteiger partial charge in [0.2, 0.25) is 5.91 Å². The van der Waals surface area contributed by atoms with Crippen LogP contribution in [0.15, 0.2) is 24.5 Å². The molecule has 2 rings (SSSR count). The van der Waals surface area contributed by atoms with Crippen LogP contribution in [-0.4, -0.2) is 36.1 Å². The van der Waals surface area contributed by atoms with Crippen molar-refractivity contribution in [2.75, 3.05) is 25.2 Å². The van der Waals surface area contributed by atoms with Gasteiger partial charge in [-0.1, -0.05) is 12.2 Å². The number of carbonyl (C=O) groups excluding carboxylic acids is 1. The van der Waals surface area contributed by atoms with Gasteiger partial charge in [0.05, 0.1) is 4.99 Å². The summed E-state index contributed by atoms with van der Waals surface area (Å²) in [4.78, 5) is 18.5. The van der Waals surface area contributed by atoms with Gasteiger partial charge in [-0.15, -0.1) is 0 Å². The zero-order valence-corrected chi connectivity index (χ0v) is 11.7. The second kappa shape index (κ2) is 5.63. The van der Waals surface area contributed by atoms with E-state index in [0.29, 0.717) is 26.1 Å². The highest BCUT2D eigenvalue weighted by molar-refractivity contribution is 7.80. The first-order valence-corrected chi connectivity index (χ1v) is 6.54. The number of nitrogens with two attached hydrogens (primary N) is 1. The van der Waals surface area contributed by atoms with Crippen LogP contribution in [-0.2, 0) is 9.53 Å². The first-order chi connectivity index (χ1) is 9.08. The maximum Gasteiger partial charge on any atom is 0.239 e. The summed E-state index contributed by atoms with van der Waals surface area (Å²) in [6, 6.07) is 3.56. The third kappa shape index (κ3) is 2.59. The molecule has 2 heterocycles. The van der Waals surface area contributed by atoms with E-state index in [0.717, 1.165) is 5.69 Å². The maximum absolute atomic E-state index is 12.7. The molecule has 0 radical (unpaired) electrons. The Morgan fingerprint density at radius 3 is 2.53 bits per heavy atom. The second-order valence-electron chi connectivity index (χ2n) is 4.63. The number of hydrogen-bond donors (Lipinski definition) is 1. The molecule has 5 nitrogen and oxygen atoms in total. The molecule has 19 heavy (non-hydrogen) atoms. The van der Waals surface area contributed by atoms with Gasteiger partial charge in [-0.25, -0.2) is 0 Å². The van der Waals surface area contributed by atoms with E-state index in [2.05, 4.69) is 4.98 Å². The molecule has 0 spiro atoms. The molecule has 1 amide bonds. The number of aromatic nitrogens is 1. The number of rotatable bonds is 3. The summed E-state index contributed by atoms with van der Waals surface area (Å²) >= 11 is 5.14. The Morgan fingerprint density at radius 2 is 2.00 bits per heavy atom. The molecule has 1 aliphatic heterocycles. The molecule has 0 atom stereocenters. The fourth-order valence-corrected chi connectivity index (χ4v) is 2.58. The van der Waals surface area contributed by atoms with Crippen molar-refractivity contribution < 1.29 is 9.53 Å².